The first-order valence-corrected chi connectivity index (χ1v) is 13.7. The molecule has 0 spiro atoms. The monoisotopic (exact) mass is 629 g/mol. The molecule has 4 aromatic rings. The molecule has 9 nitrogen and oxygen atoms in total. The van der Waals surface area contributed by atoms with Gasteiger partial charge in [0.15, 0.2) is 17.2 Å². The second-order valence-corrected chi connectivity index (χ2v) is 10.3. The number of halogens is 5. The molecule has 6 rings (SSSR count). The standard InChI is InChI=1S/C31H24F5N3O6/c1-17(20-12-13-24-25(15-20)45-31(35,36)44-24)43-22-6-3-5-21(16-22)39-27-23(26(37-39)30(32,33)34)7-4-14-38(27)28(40)18-8-10-19(11-9-18)29(41)42-2/h3,5-6,8-13,15-17H,4,7,14H2,1-2H3/t17-/m0/s1. The predicted octanol–water partition coefficient (Wildman–Crippen LogP) is 6.73. The number of carbonyl (C=O) groups excluding carboxylic acids is 2. The van der Waals surface area contributed by atoms with Crippen molar-refractivity contribution in [3.63, 3.8) is 0 Å². The molecular formula is C31H24F5N3O6. The zero-order chi connectivity index (χ0) is 32.1. The summed E-state index contributed by atoms with van der Waals surface area (Å²) in [5.41, 5.74) is -0.187. The molecule has 1 atom stereocenters. The minimum atomic E-state index is -4.79. The van der Waals surface area contributed by atoms with Crippen LogP contribution in [0.2, 0.25) is 0 Å². The van der Waals surface area contributed by atoms with Gasteiger partial charge in [0.05, 0.1) is 18.4 Å². The third-order valence-corrected chi connectivity index (χ3v) is 7.36. The van der Waals surface area contributed by atoms with Crippen LogP contribution in [0.1, 0.15) is 57.0 Å². The molecule has 234 valence electrons. The van der Waals surface area contributed by atoms with E-state index in [1.54, 1.807) is 19.1 Å². The van der Waals surface area contributed by atoms with Gasteiger partial charge in [-0.3, -0.25) is 9.69 Å². The van der Waals surface area contributed by atoms with Crippen molar-refractivity contribution >= 4 is 17.7 Å². The molecule has 3 aromatic carbocycles. The number of nitrogens with zero attached hydrogens (tertiary/aromatic N) is 3. The number of hydrogen-bond donors (Lipinski definition) is 0. The van der Waals surface area contributed by atoms with Crippen molar-refractivity contribution in [2.24, 2.45) is 0 Å². The van der Waals surface area contributed by atoms with Crippen LogP contribution in [0, 0.1) is 0 Å². The molecule has 0 bridgehead atoms. The molecule has 0 saturated carbocycles. The molecule has 0 radical (unpaired) electrons. The van der Waals surface area contributed by atoms with Crippen molar-refractivity contribution in [1.82, 2.24) is 9.78 Å². The van der Waals surface area contributed by atoms with Gasteiger partial charge in [-0.2, -0.15) is 18.3 Å². The highest BCUT2D eigenvalue weighted by Crippen LogP contribution is 2.43. The Morgan fingerprint density at radius 2 is 1.69 bits per heavy atom. The number of hydrogen-bond acceptors (Lipinski definition) is 7. The van der Waals surface area contributed by atoms with Crippen molar-refractivity contribution in [2.75, 3.05) is 18.6 Å². The van der Waals surface area contributed by atoms with Crippen LogP contribution in [-0.2, 0) is 17.3 Å². The Labute approximate surface area is 252 Å². The molecule has 0 aliphatic carbocycles. The van der Waals surface area contributed by atoms with Gasteiger partial charge < -0.3 is 18.9 Å². The van der Waals surface area contributed by atoms with Crippen LogP contribution in [0.25, 0.3) is 5.69 Å². The fourth-order valence-electron chi connectivity index (χ4n) is 5.28. The van der Waals surface area contributed by atoms with E-state index < -0.39 is 36.1 Å². The van der Waals surface area contributed by atoms with Crippen LogP contribution in [-0.4, -0.2) is 41.6 Å². The van der Waals surface area contributed by atoms with Crippen molar-refractivity contribution < 1.29 is 50.5 Å². The number of benzene rings is 3. The van der Waals surface area contributed by atoms with E-state index >= 15 is 0 Å². The SMILES string of the molecule is COC(=O)c1ccc(C(=O)N2CCCc3c(C(F)(F)F)nn(-c4cccc(O[C@@H](C)c5ccc6c(c5)OC(F)(F)O6)c4)c32)cc1. The van der Waals surface area contributed by atoms with Crippen molar-refractivity contribution in [2.45, 2.75) is 38.3 Å². The maximum Gasteiger partial charge on any atom is 0.586 e. The third kappa shape index (κ3) is 5.75. The Morgan fingerprint density at radius 1 is 0.978 bits per heavy atom. The molecule has 0 saturated heterocycles. The number of ether oxygens (including phenoxy) is 4. The Kier molecular flexibility index (Phi) is 7.37. The molecular weight excluding hydrogens is 605 g/mol. The van der Waals surface area contributed by atoms with E-state index in [0.29, 0.717) is 5.56 Å². The van der Waals surface area contributed by atoms with E-state index in [2.05, 4.69) is 19.3 Å². The summed E-state index contributed by atoms with van der Waals surface area (Å²) in [6.07, 6.45) is -8.94. The van der Waals surface area contributed by atoms with Gasteiger partial charge >= 0.3 is 18.4 Å². The van der Waals surface area contributed by atoms with Crippen LogP contribution >= 0.6 is 0 Å². The normalized spacial score (nSPS) is 15.8. The summed E-state index contributed by atoms with van der Waals surface area (Å²) in [5, 5.41) is 3.92. The summed E-state index contributed by atoms with van der Waals surface area (Å²) in [6.45, 7) is 1.79. The van der Waals surface area contributed by atoms with Crippen molar-refractivity contribution in [3.05, 3.63) is 94.7 Å². The Morgan fingerprint density at radius 3 is 2.40 bits per heavy atom. The second kappa shape index (κ2) is 11.1. The second-order valence-electron chi connectivity index (χ2n) is 10.3. The molecule has 0 unspecified atom stereocenters. The van der Waals surface area contributed by atoms with Gasteiger partial charge in [0.2, 0.25) is 0 Å². The van der Waals surface area contributed by atoms with Gasteiger partial charge in [0.25, 0.3) is 5.91 Å². The number of aromatic nitrogens is 2. The molecule has 3 heterocycles. The number of rotatable bonds is 6. The zero-order valence-corrected chi connectivity index (χ0v) is 23.7. The van der Waals surface area contributed by atoms with Gasteiger partial charge in [-0.15, -0.1) is 8.78 Å². The summed E-state index contributed by atoms with van der Waals surface area (Å²) in [4.78, 5) is 26.7. The first-order chi connectivity index (χ1) is 21.3. The van der Waals surface area contributed by atoms with E-state index in [4.69, 9.17) is 4.74 Å². The lowest BCUT2D eigenvalue weighted by molar-refractivity contribution is -0.286. The maximum atomic E-state index is 14.2. The van der Waals surface area contributed by atoms with E-state index in [1.807, 2.05) is 0 Å². The highest BCUT2D eigenvalue weighted by Gasteiger charge is 2.44. The number of carbonyl (C=O) groups is 2. The molecule has 1 aromatic heterocycles. The van der Waals surface area contributed by atoms with Crippen molar-refractivity contribution in [1.29, 1.82) is 0 Å². The quantitative estimate of drug-likeness (QED) is 0.173. The van der Waals surface area contributed by atoms with Gasteiger partial charge in [-0.05, 0) is 73.9 Å². The first kappa shape index (κ1) is 29.9. The topological polar surface area (TPSA) is 92.1 Å². The van der Waals surface area contributed by atoms with E-state index in [9.17, 15) is 31.5 Å². The van der Waals surface area contributed by atoms with Gasteiger partial charge in [0, 0.05) is 23.7 Å². The Balaban J connectivity index is 1.33. The fourth-order valence-corrected chi connectivity index (χ4v) is 5.28. The highest BCUT2D eigenvalue weighted by molar-refractivity contribution is 6.07. The van der Waals surface area contributed by atoms with Crippen molar-refractivity contribution in [3.8, 4) is 22.9 Å². The highest BCUT2D eigenvalue weighted by atomic mass is 19.4. The maximum absolute atomic E-state index is 14.2. The lowest BCUT2D eigenvalue weighted by Gasteiger charge is -2.29. The summed E-state index contributed by atoms with van der Waals surface area (Å²) in [7, 11) is 1.22. The minimum absolute atomic E-state index is 0.0301. The zero-order valence-electron chi connectivity index (χ0n) is 23.7. The Hall–Kier alpha value is -5.14. The number of methoxy groups -OCH3 is 1. The first-order valence-electron chi connectivity index (χ1n) is 13.7. The molecule has 1 amide bonds. The largest absolute Gasteiger partial charge is 0.586 e. The van der Waals surface area contributed by atoms with Crippen LogP contribution < -0.4 is 19.1 Å². The average molecular weight is 630 g/mol. The number of fused-ring (bicyclic) bond motifs is 2. The number of esters is 1. The van der Waals surface area contributed by atoms with Gasteiger partial charge in [-0.25, -0.2) is 9.48 Å². The molecule has 0 fully saturated rings. The summed E-state index contributed by atoms with van der Waals surface area (Å²) in [6, 6.07) is 15.9. The van der Waals surface area contributed by atoms with E-state index in [-0.39, 0.29) is 64.8 Å². The summed E-state index contributed by atoms with van der Waals surface area (Å²) >= 11 is 0. The van der Waals surface area contributed by atoms with Gasteiger partial charge in [0.1, 0.15) is 17.7 Å². The van der Waals surface area contributed by atoms with Crippen LogP contribution in [0.5, 0.6) is 17.2 Å². The average Bonchev–Trinajstić information content (AvgIpc) is 3.56. The van der Waals surface area contributed by atoms with Crippen LogP contribution in [0.4, 0.5) is 27.8 Å². The minimum Gasteiger partial charge on any atom is -0.486 e. The van der Waals surface area contributed by atoms with E-state index in [0.717, 1.165) is 4.68 Å². The van der Waals surface area contributed by atoms with Crippen LogP contribution in [0.3, 0.4) is 0 Å². The molecule has 14 heteroatoms. The summed E-state index contributed by atoms with van der Waals surface area (Å²) < 4.78 is 90.1. The third-order valence-electron chi connectivity index (χ3n) is 7.36. The fraction of sp³-hybridized carbons (Fsp3) is 0.258. The van der Waals surface area contributed by atoms with Gasteiger partial charge in [-0.1, -0.05) is 12.1 Å². The smallest absolute Gasteiger partial charge is 0.486 e. The van der Waals surface area contributed by atoms with Crippen LogP contribution in [0.15, 0.2) is 66.7 Å². The molecule has 2 aliphatic heterocycles. The Bertz CT molecular complexity index is 1790. The van der Waals surface area contributed by atoms with E-state index in [1.165, 1.54) is 66.6 Å². The molecule has 0 N–H and O–H groups in total. The number of anilines is 1. The lowest BCUT2D eigenvalue weighted by atomic mass is 10.0. The summed E-state index contributed by atoms with van der Waals surface area (Å²) in [5.74, 6) is -1.24. The predicted molar refractivity (Wildman–Crippen MR) is 148 cm³/mol. The number of amides is 1. The number of alkyl halides is 5. The molecule has 45 heavy (non-hydrogen) atoms. The lowest BCUT2D eigenvalue weighted by Crippen LogP contribution is -2.37. The molecule has 2 aliphatic rings.